The fourth-order valence-electron chi connectivity index (χ4n) is 7.02. The van der Waals surface area contributed by atoms with Crippen molar-refractivity contribution in [3.8, 4) is 23.0 Å². The van der Waals surface area contributed by atoms with Crippen LogP contribution in [0.4, 0.5) is 0 Å². The Morgan fingerprint density at radius 2 is 1.77 bits per heavy atom. The molecule has 5 atom stereocenters. The normalized spacial score (nSPS) is 24.5. The van der Waals surface area contributed by atoms with Crippen LogP contribution in [0.15, 0.2) is 55.3 Å². The van der Waals surface area contributed by atoms with Gasteiger partial charge in [0.2, 0.25) is 5.75 Å². The van der Waals surface area contributed by atoms with E-state index < -0.39 is 6.10 Å². The minimum atomic E-state index is -0.647. The van der Waals surface area contributed by atoms with E-state index in [9.17, 15) is 5.11 Å². The molecule has 4 heterocycles. The highest BCUT2D eigenvalue weighted by Crippen LogP contribution is 2.49. The SMILES string of the molecule is C=CC1C[N+]2(Cc3cc(OCC)c(OCC)c(OCC)c3)CCC1C[C@H]2[C@H](O)c1ccnc2ccc(OC)cc12. The Hall–Kier alpha value is -3.29. The van der Waals surface area contributed by atoms with Gasteiger partial charge in [0.05, 0.1) is 45.5 Å². The molecule has 0 saturated carbocycles. The molecule has 1 N–H and O–H groups in total. The van der Waals surface area contributed by atoms with Crippen LogP contribution in [-0.2, 0) is 6.54 Å². The number of benzene rings is 2. The molecule has 0 radical (unpaired) electrons. The van der Waals surface area contributed by atoms with Crippen LogP contribution in [0.2, 0.25) is 0 Å². The monoisotopic (exact) mass is 547 g/mol. The maximum Gasteiger partial charge on any atom is 0.203 e. The molecule has 7 nitrogen and oxygen atoms in total. The van der Waals surface area contributed by atoms with Gasteiger partial charge in [-0.1, -0.05) is 6.08 Å². The van der Waals surface area contributed by atoms with E-state index in [0.29, 0.717) is 48.9 Å². The van der Waals surface area contributed by atoms with Crippen LogP contribution in [0.5, 0.6) is 23.0 Å². The van der Waals surface area contributed by atoms with E-state index in [1.54, 1.807) is 13.3 Å². The van der Waals surface area contributed by atoms with Crippen molar-refractivity contribution in [1.82, 2.24) is 4.98 Å². The van der Waals surface area contributed by atoms with Crippen molar-refractivity contribution in [1.29, 1.82) is 0 Å². The van der Waals surface area contributed by atoms with Crippen molar-refractivity contribution in [2.45, 2.75) is 52.3 Å². The number of aliphatic hydroxyl groups excluding tert-OH is 1. The lowest BCUT2D eigenvalue weighted by Crippen LogP contribution is -2.67. The fraction of sp³-hybridized carbons (Fsp3) is 0.485. The molecular weight excluding hydrogens is 504 g/mol. The smallest absolute Gasteiger partial charge is 0.203 e. The van der Waals surface area contributed by atoms with E-state index in [1.807, 2.05) is 45.0 Å². The average Bonchev–Trinajstić information content (AvgIpc) is 2.98. The second kappa shape index (κ2) is 12.1. The van der Waals surface area contributed by atoms with E-state index in [1.165, 1.54) is 0 Å². The Balaban J connectivity index is 1.57. The average molecular weight is 548 g/mol. The molecule has 40 heavy (non-hydrogen) atoms. The summed E-state index contributed by atoms with van der Waals surface area (Å²) in [5.41, 5.74) is 2.89. The Labute approximate surface area is 237 Å². The minimum Gasteiger partial charge on any atom is -0.497 e. The first-order valence-corrected chi connectivity index (χ1v) is 14.6. The highest BCUT2D eigenvalue weighted by molar-refractivity contribution is 5.83. The van der Waals surface area contributed by atoms with E-state index in [-0.39, 0.29) is 6.04 Å². The van der Waals surface area contributed by atoms with Gasteiger partial charge in [0, 0.05) is 35.9 Å². The number of quaternary nitrogens is 1. The number of nitrogens with zero attached hydrogens (tertiary/aromatic N) is 2. The lowest BCUT2D eigenvalue weighted by Gasteiger charge is -2.58. The molecule has 7 heteroatoms. The summed E-state index contributed by atoms with van der Waals surface area (Å²) >= 11 is 0. The number of methoxy groups -OCH3 is 1. The van der Waals surface area contributed by atoms with Gasteiger partial charge in [0.15, 0.2) is 11.5 Å². The zero-order chi connectivity index (χ0) is 28.3. The third-order valence-electron chi connectivity index (χ3n) is 8.81. The van der Waals surface area contributed by atoms with Crippen molar-refractivity contribution in [2.75, 3.05) is 40.0 Å². The van der Waals surface area contributed by atoms with Crippen LogP contribution in [0, 0.1) is 11.8 Å². The predicted octanol–water partition coefficient (Wildman–Crippen LogP) is 6.08. The largest absolute Gasteiger partial charge is 0.497 e. The van der Waals surface area contributed by atoms with Crippen LogP contribution in [0.25, 0.3) is 10.9 Å². The first kappa shape index (κ1) is 28.2. The fourth-order valence-corrected chi connectivity index (χ4v) is 7.02. The van der Waals surface area contributed by atoms with Crippen LogP contribution in [0.1, 0.15) is 50.8 Å². The number of ether oxygens (including phenoxy) is 4. The number of pyridine rings is 1. The minimum absolute atomic E-state index is 0.0319. The van der Waals surface area contributed by atoms with Crippen molar-refractivity contribution in [3.63, 3.8) is 0 Å². The van der Waals surface area contributed by atoms with Crippen molar-refractivity contribution >= 4 is 10.9 Å². The molecule has 2 bridgehead atoms. The molecule has 3 fully saturated rings. The number of piperidine rings is 3. The van der Waals surface area contributed by atoms with Crippen molar-refractivity contribution in [2.24, 2.45) is 11.8 Å². The molecule has 3 saturated heterocycles. The number of hydrogen-bond donors (Lipinski definition) is 1. The van der Waals surface area contributed by atoms with Gasteiger partial charge in [0.1, 0.15) is 24.4 Å². The third kappa shape index (κ3) is 5.25. The van der Waals surface area contributed by atoms with Crippen LogP contribution in [0.3, 0.4) is 0 Å². The highest BCUT2D eigenvalue weighted by Gasteiger charge is 2.54. The van der Waals surface area contributed by atoms with Gasteiger partial charge >= 0.3 is 0 Å². The Morgan fingerprint density at radius 3 is 2.42 bits per heavy atom. The summed E-state index contributed by atoms with van der Waals surface area (Å²) < 4.78 is 24.3. The molecule has 1 aromatic heterocycles. The first-order chi connectivity index (χ1) is 19.5. The quantitative estimate of drug-likeness (QED) is 0.219. The Bertz CT molecular complexity index is 1320. The van der Waals surface area contributed by atoms with Gasteiger partial charge < -0.3 is 28.5 Å². The highest BCUT2D eigenvalue weighted by atomic mass is 16.5. The number of hydrogen-bond acceptors (Lipinski definition) is 6. The molecule has 3 aliphatic heterocycles. The standard InChI is InChI=1S/C33H43N2O5/c1-6-23-21-35(20-22-16-30(38-7-2)33(40-9-4)31(17-22)39-8-3)15-13-24(23)18-29(35)32(36)26-12-14-34-28-11-10-25(37-5)19-27(26)28/h6,10-12,14,16-17,19,23-24,29,32,36H,1,7-9,13,15,18,20-21H2,2-5H3/q+1/t23?,24?,29-,32+,35?/m0/s1. The van der Waals surface area contributed by atoms with Crippen molar-refractivity contribution < 1.29 is 28.5 Å². The maximum atomic E-state index is 12.1. The third-order valence-corrected chi connectivity index (χ3v) is 8.81. The summed E-state index contributed by atoms with van der Waals surface area (Å²) in [7, 11) is 1.67. The Kier molecular flexibility index (Phi) is 8.52. The molecular formula is C33H43N2O5+. The molecule has 3 aromatic rings. The topological polar surface area (TPSA) is 70.0 Å². The number of aromatic nitrogens is 1. The second-order valence-electron chi connectivity index (χ2n) is 11.0. The molecule has 0 amide bonds. The molecule has 3 aliphatic rings. The number of fused-ring (bicyclic) bond motifs is 4. The van der Waals surface area contributed by atoms with Gasteiger partial charge in [-0.25, -0.2) is 0 Å². The second-order valence-corrected chi connectivity index (χ2v) is 11.0. The van der Waals surface area contributed by atoms with Gasteiger partial charge in [0.25, 0.3) is 0 Å². The van der Waals surface area contributed by atoms with Gasteiger partial charge in [-0.3, -0.25) is 4.98 Å². The maximum absolute atomic E-state index is 12.1. The molecule has 0 spiro atoms. The molecule has 6 rings (SSSR count). The lowest BCUT2D eigenvalue weighted by atomic mass is 9.71. The summed E-state index contributed by atoms with van der Waals surface area (Å²) in [4.78, 5) is 4.56. The van der Waals surface area contributed by atoms with Gasteiger partial charge in [-0.05, 0) is 68.7 Å². The summed E-state index contributed by atoms with van der Waals surface area (Å²) in [6.07, 6.45) is 5.35. The lowest BCUT2D eigenvalue weighted by molar-refractivity contribution is -0.984. The van der Waals surface area contributed by atoms with Gasteiger partial charge in [-0.2, -0.15) is 0 Å². The zero-order valence-corrected chi connectivity index (χ0v) is 24.3. The first-order valence-electron chi connectivity index (χ1n) is 14.6. The molecule has 0 aliphatic carbocycles. The molecule has 3 unspecified atom stereocenters. The molecule has 214 valence electrons. The zero-order valence-electron chi connectivity index (χ0n) is 24.3. The summed E-state index contributed by atoms with van der Waals surface area (Å²) in [6, 6.07) is 12.1. The number of rotatable bonds is 12. The summed E-state index contributed by atoms with van der Waals surface area (Å²) in [5.74, 6) is 3.78. The van der Waals surface area contributed by atoms with E-state index in [4.69, 9.17) is 18.9 Å². The molecule has 2 aromatic carbocycles. The summed E-state index contributed by atoms with van der Waals surface area (Å²) in [6.45, 7) is 14.4. The summed E-state index contributed by atoms with van der Waals surface area (Å²) in [5, 5.41) is 13.1. The van der Waals surface area contributed by atoms with Crippen LogP contribution < -0.4 is 18.9 Å². The Morgan fingerprint density at radius 1 is 1.05 bits per heavy atom. The predicted molar refractivity (Wildman–Crippen MR) is 157 cm³/mol. The van der Waals surface area contributed by atoms with Gasteiger partial charge in [-0.15, -0.1) is 6.58 Å². The number of aliphatic hydroxyl groups is 1. The van der Waals surface area contributed by atoms with E-state index in [0.717, 1.165) is 64.7 Å². The van der Waals surface area contributed by atoms with Crippen molar-refractivity contribution in [3.05, 3.63) is 66.4 Å². The van der Waals surface area contributed by atoms with Crippen LogP contribution in [-0.4, -0.2) is 60.6 Å². The van der Waals surface area contributed by atoms with Crippen LogP contribution >= 0.6 is 0 Å². The van der Waals surface area contributed by atoms with E-state index in [2.05, 4.69) is 29.8 Å². The van der Waals surface area contributed by atoms with E-state index >= 15 is 0 Å².